The van der Waals surface area contributed by atoms with Crippen molar-refractivity contribution in [3.63, 3.8) is 0 Å². The lowest BCUT2D eigenvalue weighted by molar-refractivity contribution is 0.0945. The molecule has 0 aromatic carbocycles. The van der Waals surface area contributed by atoms with E-state index in [4.69, 9.17) is 0 Å². The maximum Gasteiger partial charge on any atom is 0.271 e. The minimum Gasteiger partial charge on any atom is -0.372 e. The van der Waals surface area contributed by atoms with Crippen molar-refractivity contribution >= 4 is 11.7 Å². The Kier molecular flexibility index (Phi) is 3.80. The lowest BCUT2D eigenvalue weighted by atomic mass is 10.3. The number of aromatic nitrogens is 3. The summed E-state index contributed by atoms with van der Waals surface area (Å²) in [4.78, 5) is 23.8. The number of carbonyl (C=O) groups excluding carboxylic acids is 1. The molecule has 0 atom stereocenters. The maximum absolute atomic E-state index is 11.8. The molecule has 0 spiro atoms. The van der Waals surface area contributed by atoms with E-state index < -0.39 is 0 Å². The summed E-state index contributed by atoms with van der Waals surface area (Å²) in [6.45, 7) is 0.419. The first kappa shape index (κ1) is 12.0. The van der Waals surface area contributed by atoms with E-state index in [-0.39, 0.29) is 11.6 Å². The largest absolute Gasteiger partial charge is 0.372 e. The van der Waals surface area contributed by atoms with E-state index in [1.54, 1.807) is 19.4 Å². The fourth-order valence-corrected chi connectivity index (χ4v) is 1.35. The summed E-state index contributed by atoms with van der Waals surface area (Å²) in [7, 11) is 1.74. The van der Waals surface area contributed by atoms with E-state index in [1.807, 2.05) is 12.1 Å². The number of rotatable bonds is 4. The Morgan fingerprint density at radius 2 is 2.17 bits per heavy atom. The molecule has 2 N–H and O–H groups in total. The molecular weight excluding hydrogens is 230 g/mol. The van der Waals surface area contributed by atoms with Crippen molar-refractivity contribution in [2.75, 3.05) is 12.4 Å². The predicted octanol–water partition coefficient (Wildman–Crippen LogP) is 0.843. The van der Waals surface area contributed by atoms with Crippen LogP contribution in [0.2, 0.25) is 0 Å². The standard InChI is InChI=1S/C12H13N5O/c1-13-11-8-15-10(7-16-11)12(18)17-6-9-3-2-4-14-5-9/h2-5,7-8H,6H2,1H3,(H,13,16)(H,17,18). The monoisotopic (exact) mass is 243 g/mol. The smallest absolute Gasteiger partial charge is 0.271 e. The van der Waals surface area contributed by atoms with Gasteiger partial charge in [0.2, 0.25) is 0 Å². The van der Waals surface area contributed by atoms with Crippen LogP contribution in [0.3, 0.4) is 0 Å². The lowest BCUT2D eigenvalue weighted by Crippen LogP contribution is -2.24. The molecule has 0 aliphatic carbocycles. The molecule has 0 aliphatic rings. The summed E-state index contributed by atoms with van der Waals surface area (Å²) in [5.74, 6) is 0.368. The van der Waals surface area contributed by atoms with Crippen LogP contribution >= 0.6 is 0 Å². The second kappa shape index (κ2) is 5.72. The highest BCUT2D eigenvalue weighted by molar-refractivity contribution is 5.91. The van der Waals surface area contributed by atoms with Gasteiger partial charge in [0.1, 0.15) is 11.5 Å². The van der Waals surface area contributed by atoms with Gasteiger partial charge in [-0.3, -0.25) is 9.78 Å². The third-order valence-corrected chi connectivity index (χ3v) is 2.32. The molecule has 0 aliphatic heterocycles. The van der Waals surface area contributed by atoms with Crippen LogP contribution in [0.4, 0.5) is 5.82 Å². The molecule has 2 heterocycles. The molecule has 0 saturated heterocycles. The number of carbonyl (C=O) groups is 1. The molecule has 0 radical (unpaired) electrons. The molecule has 6 nitrogen and oxygen atoms in total. The average Bonchev–Trinajstić information content (AvgIpc) is 2.46. The molecule has 92 valence electrons. The van der Waals surface area contributed by atoms with Crippen LogP contribution in [0.1, 0.15) is 16.1 Å². The third kappa shape index (κ3) is 3.00. The molecule has 6 heteroatoms. The molecule has 1 amide bonds. The summed E-state index contributed by atoms with van der Waals surface area (Å²) < 4.78 is 0. The summed E-state index contributed by atoms with van der Waals surface area (Å²) in [5.41, 5.74) is 1.23. The first-order valence-corrected chi connectivity index (χ1v) is 5.46. The van der Waals surface area contributed by atoms with Crippen molar-refractivity contribution in [2.45, 2.75) is 6.54 Å². The average molecular weight is 243 g/mol. The van der Waals surface area contributed by atoms with Gasteiger partial charge in [-0.05, 0) is 11.6 Å². The van der Waals surface area contributed by atoms with Gasteiger partial charge < -0.3 is 10.6 Å². The van der Waals surface area contributed by atoms with E-state index in [1.165, 1.54) is 12.4 Å². The zero-order valence-electron chi connectivity index (χ0n) is 9.92. The van der Waals surface area contributed by atoms with Crippen LogP contribution in [0.25, 0.3) is 0 Å². The van der Waals surface area contributed by atoms with Gasteiger partial charge in [-0.25, -0.2) is 9.97 Å². The molecule has 0 bridgehead atoms. The van der Waals surface area contributed by atoms with Crippen LogP contribution in [0, 0.1) is 0 Å². The number of amides is 1. The summed E-state index contributed by atoms with van der Waals surface area (Å²) in [6.07, 6.45) is 6.34. The second-order valence-corrected chi connectivity index (χ2v) is 3.58. The van der Waals surface area contributed by atoms with Crippen LogP contribution in [0.5, 0.6) is 0 Å². The molecule has 2 aromatic heterocycles. The topological polar surface area (TPSA) is 79.8 Å². The fourth-order valence-electron chi connectivity index (χ4n) is 1.35. The van der Waals surface area contributed by atoms with Crippen molar-refractivity contribution in [3.8, 4) is 0 Å². The number of hydrogen-bond donors (Lipinski definition) is 2. The van der Waals surface area contributed by atoms with E-state index >= 15 is 0 Å². The van der Waals surface area contributed by atoms with Crippen molar-refractivity contribution < 1.29 is 4.79 Å². The Labute approximate surface area is 105 Å². The van der Waals surface area contributed by atoms with Crippen LogP contribution in [0.15, 0.2) is 36.9 Å². The number of nitrogens with one attached hydrogen (secondary N) is 2. The molecule has 2 aromatic rings. The highest BCUT2D eigenvalue weighted by Gasteiger charge is 2.07. The minimum absolute atomic E-state index is 0.256. The maximum atomic E-state index is 11.8. The zero-order valence-corrected chi connectivity index (χ0v) is 9.92. The van der Waals surface area contributed by atoms with Crippen LogP contribution < -0.4 is 10.6 Å². The molecule has 18 heavy (non-hydrogen) atoms. The molecular formula is C12H13N5O. The molecule has 0 fully saturated rings. The summed E-state index contributed by atoms with van der Waals surface area (Å²) in [6, 6.07) is 3.71. The Morgan fingerprint density at radius 1 is 1.28 bits per heavy atom. The van der Waals surface area contributed by atoms with E-state index in [9.17, 15) is 4.79 Å². The minimum atomic E-state index is -0.256. The van der Waals surface area contributed by atoms with Gasteiger partial charge >= 0.3 is 0 Å². The van der Waals surface area contributed by atoms with Crippen molar-refractivity contribution in [3.05, 3.63) is 48.2 Å². The number of hydrogen-bond acceptors (Lipinski definition) is 5. The highest BCUT2D eigenvalue weighted by atomic mass is 16.1. The fraction of sp³-hybridized carbons (Fsp3) is 0.167. The van der Waals surface area contributed by atoms with Gasteiger partial charge in [0, 0.05) is 26.0 Å². The van der Waals surface area contributed by atoms with E-state index in [0.717, 1.165) is 5.56 Å². The van der Waals surface area contributed by atoms with Gasteiger partial charge in [-0.1, -0.05) is 6.07 Å². The van der Waals surface area contributed by atoms with E-state index in [2.05, 4.69) is 25.6 Å². The lowest BCUT2D eigenvalue weighted by Gasteiger charge is -2.04. The highest BCUT2D eigenvalue weighted by Crippen LogP contribution is 2.00. The van der Waals surface area contributed by atoms with Crippen molar-refractivity contribution in [1.82, 2.24) is 20.3 Å². The third-order valence-electron chi connectivity index (χ3n) is 2.32. The number of pyridine rings is 1. The first-order valence-electron chi connectivity index (χ1n) is 5.46. The quantitative estimate of drug-likeness (QED) is 0.832. The Hall–Kier alpha value is -2.50. The van der Waals surface area contributed by atoms with Crippen LogP contribution in [-0.4, -0.2) is 27.9 Å². The second-order valence-electron chi connectivity index (χ2n) is 3.58. The van der Waals surface area contributed by atoms with Gasteiger partial charge in [0.25, 0.3) is 5.91 Å². The van der Waals surface area contributed by atoms with Gasteiger partial charge in [-0.2, -0.15) is 0 Å². The van der Waals surface area contributed by atoms with Gasteiger partial charge in [0.15, 0.2) is 0 Å². The molecule has 0 unspecified atom stereocenters. The SMILES string of the molecule is CNc1cnc(C(=O)NCc2cccnc2)cn1. The van der Waals surface area contributed by atoms with Crippen molar-refractivity contribution in [1.29, 1.82) is 0 Å². The Morgan fingerprint density at radius 3 is 2.78 bits per heavy atom. The number of anilines is 1. The molecule has 2 rings (SSSR count). The predicted molar refractivity (Wildman–Crippen MR) is 67.0 cm³/mol. The van der Waals surface area contributed by atoms with Gasteiger partial charge in [-0.15, -0.1) is 0 Å². The normalized spacial score (nSPS) is 9.83. The van der Waals surface area contributed by atoms with E-state index in [0.29, 0.717) is 12.4 Å². The Bertz CT molecular complexity index is 512. The zero-order chi connectivity index (χ0) is 12.8. The van der Waals surface area contributed by atoms with Crippen LogP contribution in [-0.2, 0) is 6.54 Å². The van der Waals surface area contributed by atoms with Crippen molar-refractivity contribution in [2.24, 2.45) is 0 Å². The first-order chi connectivity index (χ1) is 8.79. The molecule has 0 saturated carbocycles. The summed E-state index contributed by atoms with van der Waals surface area (Å²) in [5, 5.41) is 5.59. The Balaban J connectivity index is 1.95. The summed E-state index contributed by atoms with van der Waals surface area (Å²) >= 11 is 0. The van der Waals surface area contributed by atoms with Gasteiger partial charge in [0.05, 0.1) is 12.4 Å². The number of nitrogens with zero attached hydrogens (tertiary/aromatic N) is 3.